The van der Waals surface area contributed by atoms with Crippen molar-refractivity contribution in [2.24, 2.45) is 0 Å². The fourth-order valence-corrected chi connectivity index (χ4v) is 1.76. The summed E-state index contributed by atoms with van der Waals surface area (Å²) in [4.78, 5) is 34.5. The zero-order chi connectivity index (χ0) is 15.4. The Morgan fingerprint density at radius 3 is 2.76 bits per heavy atom. The van der Waals surface area contributed by atoms with E-state index in [1.54, 1.807) is 24.3 Å². The monoisotopic (exact) mass is 291 g/mol. The molecule has 0 aliphatic heterocycles. The van der Waals surface area contributed by atoms with Crippen LogP contribution in [-0.4, -0.2) is 36.7 Å². The Morgan fingerprint density at radius 1 is 1.38 bits per heavy atom. The number of methoxy groups -OCH3 is 1. The van der Waals surface area contributed by atoms with E-state index in [0.29, 0.717) is 5.39 Å². The van der Waals surface area contributed by atoms with Gasteiger partial charge in [0.2, 0.25) is 0 Å². The molecule has 0 fully saturated rings. The Morgan fingerprint density at radius 2 is 2.10 bits per heavy atom. The number of benzene rings is 1. The zero-order valence-corrected chi connectivity index (χ0v) is 11.2. The number of aliphatic carboxylic acids is 1. The number of ether oxygens (including phenoxy) is 1. The molecule has 1 amide bonds. The van der Waals surface area contributed by atoms with Crippen LogP contribution in [0.1, 0.15) is 10.6 Å². The lowest BCUT2D eigenvalue weighted by atomic mass is 10.2. The van der Waals surface area contributed by atoms with Crippen LogP contribution >= 0.6 is 0 Å². The van der Waals surface area contributed by atoms with E-state index >= 15 is 0 Å². The van der Waals surface area contributed by atoms with E-state index in [4.69, 9.17) is 9.52 Å². The Hall–Kier alpha value is -2.67. The van der Waals surface area contributed by atoms with Crippen LogP contribution in [0.3, 0.4) is 0 Å². The van der Waals surface area contributed by atoms with Crippen LogP contribution in [-0.2, 0) is 9.53 Å². The van der Waals surface area contributed by atoms with Gasteiger partial charge < -0.3 is 19.6 Å². The molecule has 2 N–H and O–H groups in total. The second-order valence-corrected chi connectivity index (χ2v) is 4.24. The maximum atomic E-state index is 11.9. The summed E-state index contributed by atoms with van der Waals surface area (Å²) in [5.41, 5.74) is -0.0554. The molecule has 1 aromatic carbocycles. The number of carbonyl (C=O) groups excluding carboxylic acids is 1. The molecule has 7 heteroatoms. The van der Waals surface area contributed by atoms with Crippen LogP contribution in [0.4, 0.5) is 0 Å². The first-order chi connectivity index (χ1) is 10.0. The van der Waals surface area contributed by atoms with Crippen LogP contribution in [0.2, 0.25) is 0 Å². The van der Waals surface area contributed by atoms with Gasteiger partial charge in [0.1, 0.15) is 5.58 Å². The van der Waals surface area contributed by atoms with Crippen LogP contribution in [0.5, 0.6) is 0 Å². The number of fused-ring (bicyclic) bond motifs is 1. The van der Waals surface area contributed by atoms with E-state index in [-0.39, 0.29) is 23.3 Å². The molecule has 110 valence electrons. The minimum atomic E-state index is -1.20. The summed E-state index contributed by atoms with van der Waals surface area (Å²) in [6.07, 6.45) is -1.17. The first-order valence-corrected chi connectivity index (χ1v) is 6.09. The summed E-state index contributed by atoms with van der Waals surface area (Å²) in [5, 5.41) is 11.5. The molecule has 0 saturated heterocycles. The van der Waals surface area contributed by atoms with Gasteiger partial charge in [0.15, 0.2) is 17.3 Å². The van der Waals surface area contributed by atoms with Gasteiger partial charge >= 0.3 is 5.97 Å². The van der Waals surface area contributed by atoms with E-state index in [1.807, 2.05) is 0 Å². The molecule has 2 aromatic rings. The van der Waals surface area contributed by atoms with Crippen molar-refractivity contribution in [2.75, 3.05) is 13.7 Å². The minimum absolute atomic E-state index is 0.182. The van der Waals surface area contributed by atoms with Crippen molar-refractivity contribution in [3.63, 3.8) is 0 Å². The topological polar surface area (TPSA) is 106 Å². The largest absolute Gasteiger partial charge is 0.479 e. The van der Waals surface area contributed by atoms with Gasteiger partial charge in [0, 0.05) is 13.2 Å². The smallest absolute Gasteiger partial charge is 0.334 e. The Balaban J connectivity index is 2.20. The number of carboxylic acids is 1. The number of para-hydroxylation sites is 1. The molecule has 0 bridgehead atoms. The van der Waals surface area contributed by atoms with Gasteiger partial charge in [0.05, 0.1) is 11.9 Å². The standard InChI is InChI=1S/C14H13NO6/c1-20-12(14(18)19)7-15-13(17)11-6-9(16)8-4-2-3-5-10(8)21-11/h2-6,12H,7H2,1H3,(H,15,17)(H,18,19). The molecule has 2 rings (SSSR count). The van der Waals surface area contributed by atoms with Crippen LogP contribution in [0, 0.1) is 0 Å². The lowest BCUT2D eigenvalue weighted by Crippen LogP contribution is -2.38. The third kappa shape index (κ3) is 3.26. The predicted octanol–water partition coefficient (Wildman–Crippen LogP) is 0.622. The quantitative estimate of drug-likeness (QED) is 0.836. The molecule has 1 heterocycles. The second kappa shape index (κ2) is 6.19. The fourth-order valence-electron chi connectivity index (χ4n) is 1.76. The summed E-state index contributed by atoms with van der Waals surface area (Å²) >= 11 is 0. The molecular formula is C14H13NO6. The maximum Gasteiger partial charge on any atom is 0.334 e. The number of amides is 1. The minimum Gasteiger partial charge on any atom is -0.479 e. The normalized spacial score (nSPS) is 12.0. The zero-order valence-electron chi connectivity index (χ0n) is 11.2. The van der Waals surface area contributed by atoms with Gasteiger partial charge in [-0.2, -0.15) is 0 Å². The predicted molar refractivity (Wildman–Crippen MR) is 73.3 cm³/mol. The fraction of sp³-hybridized carbons (Fsp3) is 0.214. The maximum absolute atomic E-state index is 11.9. The second-order valence-electron chi connectivity index (χ2n) is 4.24. The molecule has 0 radical (unpaired) electrons. The molecule has 1 aromatic heterocycles. The molecule has 0 spiro atoms. The molecule has 0 aliphatic carbocycles. The number of hydrogen-bond donors (Lipinski definition) is 2. The third-order valence-electron chi connectivity index (χ3n) is 2.87. The van der Waals surface area contributed by atoms with Crippen molar-refractivity contribution in [1.82, 2.24) is 5.32 Å². The highest BCUT2D eigenvalue weighted by atomic mass is 16.5. The van der Waals surface area contributed by atoms with Gasteiger partial charge in [-0.3, -0.25) is 9.59 Å². The summed E-state index contributed by atoms with van der Waals surface area (Å²) in [7, 11) is 1.22. The highest BCUT2D eigenvalue weighted by Gasteiger charge is 2.19. The van der Waals surface area contributed by atoms with E-state index < -0.39 is 18.0 Å². The molecule has 7 nitrogen and oxygen atoms in total. The molecule has 21 heavy (non-hydrogen) atoms. The number of carboxylic acid groups (broad SMARTS) is 1. The summed E-state index contributed by atoms with van der Waals surface area (Å²) in [6.45, 7) is -0.235. The van der Waals surface area contributed by atoms with Crippen LogP contribution < -0.4 is 10.7 Å². The number of hydrogen-bond acceptors (Lipinski definition) is 5. The lowest BCUT2D eigenvalue weighted by Gasteiger charge is -2.11. The number of rotatable bonds is 5. The van der Waals surface area contributed by atoms with Gasteiger partial charge in [-0.1, -0.05) is 12.1 Å². The van der Waals surface area contributed by atoms with Gasteiger partial charge in [-0.15, -0.1) is 0 Å². The van der Waals surface area contributed by atoms with Crippen LogP contribution in [0.25, 0.3) is 11.0 Å². The highest BCUT2D eigenvalue weighted by molar-refractivity contribution is 5.93. The molecule has 1 atom stereocenters. The SMILES string of the molecule is COC(CNC(=O)c1cc(=O)c2ccccc2o1)C(=O)O. The van der Waals surface area contributed by atoms with E-state index in [1.165, 1.54) is 7.11 Å². The van der Waals surface area contributed by atoms with Crippen molar-refractivity contribution in [1.29, 1.82) is 0 Å². The van der Waals surface area contributed by atoms with Gasteiger partial charge in [0.25, 0.3) is 5.91 Å². The van der Waals surface area contributed by atoms with Gasteiger partial charge in [-0.25, -0.2) is 4.79 Å². The highest BCUT2D eigenvalue weighted by Crippen LogP contribution is 2.11. The molecule has 0 saturated carbocycles. The van der Waals surface area contributed by atoms with Crippen molar-refractivity contribution in [3.05, 3.63) is 46.3 Å². The summed E-state index contributed by atoms with van der Waals surface area (Å²) < 4.78 is 10.0. The average molecular weight is 291 g/mol. The van der Waals surface area contributed by atoms with Crippen LogP contribution in [0.15, 0.2) is 39.5 Å². The van der Waals surface area contributed by atoms with Crippen molar-refractivity contribution < 1.29 is 23.8 Å². The molecule has 1 unspecified atom stereocenters. The Labute approximate surface area is 119 Å². The first kappa shape index (κ1) is 14.7. The molecular weight excluding hydrogens is 278 g/mol. The summed E-state index contributed by atoms with van der Waals surface area (Å²) in [5.74, 6) is -2.06. The Bertz CT molecular complexity index is 736. The third-order valence-corrected chi connectivity index (χ3v) is 2.87. The molecule has 0 aliphatic rings. The van der Waals surface area contributed by atoms with Crippen molar-refractivity contribution in [2.45, 2.75) is 6.10 Å². The van der Waals surface area contributed by atoms with Crippen molar-refractivity contribution in [3.8, 4) is 0 Å². The summed E-state index contributed by atoms with van der Waals surface area (Å²) in [6, 6.07) is 7.60. The Kier molecular flexibility index (Phi) is 4.34. The number of nitrogens with one attached hydrogen (secondary N) is 1. The van der Waals surface area contributed by atoms with E-state index in [0.717, 1.165) is 6.07 Å². The van der Waals surface area contributed by atoms with E-state index in [9.17, 15) is 14.4 Å². The average Bonchev–Trinajstić information content (AvgIpc) is 2.47. The first-order valence-electron chi connectivity index (χ1n) is 6.09. The lowest BCUT2D eigenvalue weighted by molar-refractivity contribution is -0.148. The van der Waals surface area contributed by atoms with Crippen molar-refractivity contribution >= 4 is 22.8 Å². The number of carbonyl (C=O) groups is 2. The van der Waals surface area contributed by atoms with E-state index in [2.05, 4.69) is 10.1 Å². The van der Waals surface area contributed by atoms with Gasteiger partial charge in [-0.05, 0) is 12.1 Å².